The van der Waals surface area contributed by atoms with Gasteiger partial charge >= 0.3 is 6.61 Å². The van der Waals surface area contributed by atoms with E-state index >= 15 is 0 Å². The summed E-state index contributed by atoms with van der Waals surface area (Å²) in [4.78, 5) is 12.3. The standard InChI is InChI=1S/C18H21F2N3O2.ClH/c1-21-11-4-12-22-17(24)15-5-2-3-6-16(15)23-13-7-9-14(10-8-13)25-18(19)20;/h2-3,5-10,18,21,23H,4,11-12H2,1H3,(H,22,24);1H. The molecular weight excluding hydrogens is 364 g/mol. The largest absolute Gasteiger partial charge is 0.435 e. The maximum atomic E-state index is 12.3. The van der Waals surface area contributed by atoms with Crippen LogP contribution in [0.2, 0.25) is 0 Å². The minimum absolute atomic E-state index is 0. The van der Waals surface area contributed by atoms with Crippen LogP contribution in [0.5, 0.6) is 5.75 Å². The number of hydrogen-bond donors (Lipinski definition) is 3. The van der Waals surface area contributed by atoms with Gasteiger partial charge in [-0.05, 0) is 56.4 Å². The van der Waals surface area contributed by atoms with E-state index in [-0.39, 0.29) is 24.1 Å². The van der Waals surface area contributed by atoms with E-state index in [2.05, 4.69) is 20.7 Å². The zero-order valence-electron chi connectivity index (χ0n) is 14.3. The second-order valence-corrected chi connectivity index (χ2v) is 5.29. The summed E-state index contributed by atoms with van der Waals surface area (Å²) >= 11 is 0. The third kappa shape index (κ3) is 6.85. The van der Waals surface area contributed by atoms with E-state index < -0.39 is 6.61 Å². The first-order valence-electron chi connectivity index (χ1n) is 7.94. The molecule has 5 nitrogen and oxygen atoms in total. The average molecular weight is 386 g/mol. The minimum Gasteiger partial charge on any atom is -0.435 e. The van der Waals surface area contributed by atoms with Crippen LogP contribution in [0.1, 0.15) is 16.8 Å². The highest BCUT2D eigenvalue weighted by Crippen LogP contribution is 2.23. The highest BCUT2D eigenvalue weighted by Gasteiger charge is 2.11. The normalized spacial score (nSPS) is 10.2. The van der Waals surface area contributed by atoms with Gasteiger partial charge < -0.3 is 20.7 Å². The maximum Gasteiger partial charge on any atom is 0.387 e. The van der Waals surface area contributed by atoms with Crippen LogP contribution in [-0.2, 0) is 0 Å². The number of rotatable bonds is 9. The molecule has 2 aromatic carbocycles. The molecule has 0 heterocycles. The molecule has 3 N–H and O–H groups in total. The van der Waals surface area contributed by atoms with Gasteiger partial charge in [0.15, 0.2) is 0 Å². The smallest absolute Gasteiger partial charge is 0.387 e. The van der Waals surface area contributed by atoms with E-state index in [4.69, 9.17) is 0 Å². The summed E-state index contributed by atoms with van der Waals surface area (Å²) < 4.78 is 28.7. The summed E-state index contributed by atoms with van der Waals surface area (Å²) in [5.41, 5.74) is 1.81. The molecule has 1 amide bonds. The molecular formula is C18H22ClF2N3O2. The Morgan fingerprint density at radius 2 is 1.77 bits per heavy atom. The number of hydrogen-bond acceptors (Lipinski definition) is 4. The molecule has 2 aromatic rings. The van der Waals surface area contributed by atoms with Gasteiger partial charge in [-0.2, -0.15) is 8.78 Å². The third-order valence-electron chi connectivity index (χ3n) is 3.42. The molecule has 0 aliphatic heterocycles. The summed E-state index contributed by atoms with van der Waals surface area (Å²) in [5, 5.41) is 9.01. The van der Waals surface area contributed by atoms with Crippen LogP contribution in [0.4, 0.5) is 20.2 Å². The summed E-state index contributed by atoms with van der Waals surface area (Å²) in [5.74, 6) is -0.0898. The van der Waals surface area contributed by atoms with E-state index in [1.54, 1.807) is 30.3 Å². The van der Waals surface area contributed by atoms with E-state index in [1.807, 2.05) is 13.1 Å². The number of amides is 1. The van der Waals surface area contributed by atoms with E-state index in [0.29, 0.717) is 23.5 Å². The molecule has 0 saturated carbocycles. The van der Waals surface area contributed by atoms with Crippen LogP contribution in [-0.4, -0.2) is 32.7 Å². The number of carbonyl (C=O) groups is 1. The van der Waals surface area contributed by atoms with Gasteiger partial charge in [-0.25, -0.2) is 0 Å². The Balaban J connectivity index is 0.00000338. The van der Waals surface area contributed by atoms with E-state index in [0.717, 1.165) is 13.0 Å². The monoisotopic (exact) mass is 385 g/mol. The Hall–Kier alpha value is -2.38. The molecule has 8 heteroatoms. The highest BCUT2D eigenvalue weighted by molar-refractivity contribution is 6.00. The van der Waals surface area contributed by atoms with Gasteiger partial charge in [0.05, 0.1) is 11.3 Å². The Labute approximate surface area is 157 Å². The molecule has 0 fully saturated rings. The molecule has 0 spiro atoms. The third-order valence-corrected chi connectivity index (χ3v) is 3.42. The van der Waals surface area contributed by atoms with Crippen molar-refractivity contribution in [1.82, 2.24) is 10.6 Å². The first-order chi connectivity index (χ1) is 12.1. The van der Waals surface area contributed by atoms with Gasteiger partial charge in [0.2, 0.25) is 0 Å². The van der Waals surface area contributed by atoms with Crippen LogP contribution >= 0.6 is 12.4 Å². The number of para-hydroxylation sites is 1. The molecule has 142 valence electrons. The van der Waals surface area contributed by atoms with Gasteiger partial charge in [-0.1, -0.05) is 12.1 Å². The summed E-state index contributed by atoms with van der Waals surface area (Å²) in [6.45, 7) is -1.45. The van der Waals surface area contributed by atoms with Crippen molar-refractivity contribution < 1.29 is 18.3 Å². The van der Waals surface area contributed by atoms with Crippen LogP contribution in [0, 0.1) is 0 Å². The van der Waals surface area contributed by atoms with Crippen molar-refractivity contribution in [3.05, 3.63) is 54.1 Å². The molecule has 0 unspecified atom stereocenters. The van der Waals surface area contributed by atoms with Crippen molar-refractivity contribution in [1.29, 1.82) is 0 Å². The first-order valence-corrected chi connectivity index (χ1v) is 7.94. The number of carbonyl (C=O) groups excluding carboxylic acids is 1. The molecule has 0 aromatic heterocycles. The SMILES string of the molecule is CNCCCNC(=O)c1ccccc1Nc1ccc(OC(F)F)cc1.Cl. The van der Waals surface area contributed by atoms with Gasteiger partial charge in [-0.3, -0.25) is 4.79 Å². The lowest BCUT2D eigenvalue weighted by atomic mass is 10.1. The summed E-state index contributed by atoms with van der Waals surface area (Å²) in [6.07, 6.45) is 0.837. The van der Waals surface area contributed by atoms with Crippen molar-refractivity contribution >= 4 is 29.7 Å². The van der Waals surface area contributed by atoms with E-state index in [9.17, 15) is 13.6 Å². The van der Waals surface area contributed by atoms with Crippen molar-refractivity contribution in [3.8, 4) is 5.75 Å². The van der Waals surface area contributed by atoms with Crippen molar-refractivity contribution in [2.45, 2.75) is 13.0 Å². The first kappa shape index (κ1) is 21.7. The van der Waals surface area contributed by atoms with Crippen molar-refractivity contribution in [2.24, 2.45) is 0 Å². The van der Waals surface area contributed by atoms with Gasteiger partial charge in [0.1, 0.15) is 5.75 Å². The molecule has 0 atom stereocenters. The molecule has 0 aliphatic carbocycles. The summed E-state index contributed by atoms with van der Waals surface area (Å²) in [7, 11) is 1.86. The number of benzene rings is 2. The number of halogens is 3. The number of nitrogens with one attached hydrogen (secondary N) is 3. The minimum atomic E-state index is -2.86. The zero-order valence-corrected chi connectivity index (χ0v) is 15.1. The Kier molecular flexibility index (Phi) is 9.40. The van der Waals surface area contributed by atoms with Crippen LogP contribution < -0.4 is 20.7 Å². The fourth-order valence-corrected chi connectivity index (χ4v) is 2.23. The fraction of sp³-hybridized carbons (Fsp3) is 0.278. The zero-order chi connectivity index (χ0) is 18.1. The Bertz CT molecular complexity index is 684. The lowest BCUT2D eigenvalue weighted by Crippen LogP contribution is -2.27. The quantitative estimate of drug-likeness (QED) is 0.575. The van der Waals surface area contributed by atoms with Crippen molar-refractivity contribution in [3.63, 3.8) is 0 Å². The molecule has 2 rings (SSSR count). The van der Waals surface area contributed by atoms with E-state index in [1.165, 1.54) is 12.1 Å². The average Bonchev–Trinajstić information content (AvgIpc) is 2.60. The second-order valence-electron chi connectivity index (χ2n) is 5.29. The fourth-order valence-electron chi connectivity index (χ4n) is 2.23. The van der Waals surface area contributed by atoms with Gasteiger partial charge in [0.25, 0.3) is 5.91 Å². The molecule has 0 saturated heterocycles. The lowest BCUT2D eigenvalue weighted by molar-refractivity contribution is -0.0498. The predicted molar refractivity (Wildman–Crippen MR) is 101 cm³/mol. The van der Waals surface area contributed by atoms with Crippen LogP contribution in [0.25, 0.3) is 0 Å². The lowest BCUT2D eigenvalue weighted by Gasteiger charge is -2.13. The van der Waals surface area contributed by atoms with Crippen LogP contribution in [0.15, 0.2) is 48.5 Å². The second kappa shape index (κ2) is 11.3. The topological polar surface area (TPSA) is 62.4 Å². The maximum absolute atomic E-state index is 12.3. The molecule has 0 bridgehead atoms. The van der Waals surface area contributed by atoms with Crippen molar-refractivity contribution in [2.75, 3.05) is 25.5 Å². The highest BCUT2D eigenvalue weighted by atomic mass is 35.5. The summed E-state index contributed by atoms with van der Waals surface area (Å²) in [6, 6.07) is 13.2. The predicted octanol–water partition coefficient (Wildman–Crippen LogP) is 3.79. The molecule has 0 radical (unpaired) electrons. The van der Waals surface area contributed by atoms with Crippen LogP contribution in [0.3, 0.4) is 0 Å². The molecule has 0 aliphatic rings. The Morgan fingerprint density at radius 1 is 1.08 bits per heavy atom. The number of alkyl halides is 2. The number of ether oxygens (including phenoxy) is 1. The Morgan fingerprint density at radius 3 is 2.42 bits per heavy atom. The van der Waals surface area contributed by atoms with Gasteiger partial charge in [0, 0.05) is 12.2 Å². The van der Waals surface area contributed by atoms with Gasteiger partial charge in [-0.15, -0.1) is 12.4 Å². The molecule has 26 heavy (non-hydrogen) atoms. The number of anilines is 2.